The molecule has 1 aliphatic rings. The molecule has 0 radical (unpaired) electrons. The highest BCUT2D eigenvalue weighted by Gasteiger charge is 2.30. The minimum atomic E-state index is 0.168. The van der Waals surface area contributed by atoms with Gasteiger partial charge in [-0.15, -0.1) is 0 Å². The predicted molar refractivity (Wildman–Crippen MR) is 96.8 cm³/mol. The number of carbonyl (C=O) groups excluding carboxylic acids is 1. The molecule has 2 heterocycles. The molecule has 1 aromatic carbocycles. The molecule has 1 aromatic heterocycles. The highest BCUT2D eigenvalue weighted by Crippen LogP contribution is 2.29. The molecule has 1 fully saturated rings. The topological polar surface area (TPSA) is 38.1 Å². The molecule has 0 saturated carbocycles. The fourth-order valence-electron chi connectivity index (χ4n) is 3.50. The van der Waals surface area contributed by atoms with E-state index in [1.807, 2.05) is 27.8 Å². The van der Waals surface area contributed by atoms with Crippen LogP contribution < -0.4 is 0 Å². The van der Waals surface area contributed by atoms with Crippen molar-refractivity contribution in [3.63, 3.8) is 0 Å². The lowest BCUT2D eigenvalue weighted by atomic mass is 10.0. The molecule has 0 bridgehead atoms. The van der Waals surface area contributed by atoms with Gasteiger partial charge in [0, 0.05) is 13.1 Å². The summed E-state index contributed by atoms with van der Waals surface area (Å²) in [4.78, 5) is 15.2. The molecular weight excluding hydrogens is 298 g/mol. The Morgan fingerprint density at radius 3 is 2.42 bits per heavy atom. The smallest absolute Gasteiger partial charge is 0.257 e. The predicted octanol–water partition coefficient (Wildman–Crippen LogP) is 4.18. The zero-order valence-electron chi connectivity index (χ0n) is 15.0. The average Bonchev–Trinajstić information content (AvgIpc) is 3.23. The summed E-state index contributed by atoms with van der Waals surface area (Å²) in [6.07, 6.45) is 4.05. The Morgan fingerprint density at radius 2 is 1.83 bits per heavy atom. The van der Waals surface area contributed by atoms with E-state index >= 15 is 0 Å². The van der Waals surface area contributed by atoms with Crippen molar-refractivity contribution in [2.75, 3.05) is 13.1 Å². The molecule has 1 aliphatic heterocycles. The van der Waals surface area contributed by atoms with E-state index in [0.717, 1.165) is 61.4 Å². The van der Waals surface area contributed by atoms with E-state index in [1.165, 1.54) is 0 Å². The van der Waals surface area contributed by atoms with E-state index in [0.29, 0.717) is 0 Å². The fraction of sp³-hybridized carbons (Fsp3) is 0.500. The SMILES string of the molecule is CCCc1nn(-c2ccccc2)c(C(C)C)c1C(=O)N1CCCC1. The van der Waals surface area contributed by atoms with E-state index in [1.54, 1.807) is 0 Å². The van der Waals surface area contributed by atoms with Crippen molar-refractivity contribution >= 4 is 5.91 Å². The number of nitrogens with zero attached hydrogens (tertiary/aromatic N) is 3. The summed E-state index contributed by atoms with van der Waals surface area (Å²) in [6.45, 7) is 8.18. The number of hydrogen-bond acceptors (Lipinski definition) is 2. The second-order valence-electron chi connectivity index (χ2n) is 6.86. The monoisotopic (exact) mass is 325 g/mol. The van der Waals surface area contributed by atoms with Gasteiger partial charge in [-0.2, -0.15) is 5.10 Å². The molecule has 1 saturated heterocycles. The minimum Gasteiger partial charge on any atom is -0.339 e. The zero-order valence-corrected chi connectivity index (χ0v) is 15.0. The Labute approximate surface area is 144 Å². The molecule has 2 aromatic rings. The third kappa shape index (κ3) is 3.10. The largest absolute Gasteiger partial charge is 0.339 e. The summed E-state index contributed by atoms with van der Waals surface area (Å²) < 4.78 is 1.99. The molecule has 0 unspecified atom stereocenters. The van der Waals surface area contributed by atoms with Gasteiger partial charge in [0.2, 0.25) is 0 Å². The fourth-order valence-corrected chi connectivity index (χ4v) is 3.50. The number of aromatic nitrogens is 2. The number of rotatable bonds is 5. The van der Waals surface area contributed by atoms with Crippen LogP contribution in [0.25, 0.3) is 5.69 Å². The van der Waals surface area contributed by atoms with Gasteiger partial charge in [0.1, 0.15) is 0 Å². The van der Waals surface area contributed by atoms with Crippen LogP contribution in [0.4, 0.5) is 0 Å². The Kier molecular flexibility index (Phi) is 5.03. The number of para-hydroxylation sites is 1. The second-order valence-corrected chi connectivity index (χ2v) is 6.86. The van der Waals surface area contributed by atoms with Crippen LogP contribution in [-0.2, 0) is 6.42 Å². The van der Waals surface area contributed by atoms with Crippen LogP contribution in [0.2, 0.25) is 0 Å². The maximum atomic E-state index is 13.2. The first kappa shape index (κ1) is 16.7. The number of benzene rings is 1. The van der Waals surface area contributed by atoms with E-state index in [-0.39, 0.29) is 11.8 Å². The first-order valence-corrected chi connectivity index (χ1v) is 9.10. The van der Waals surface area contributed by atoms with Crippen molar-refractivity contribution in [2.24, 2.45) is 0 Å². The summed E-state index contributed by atoms with van der Waals surface area (Å²) in [7, 11) is 0. The molecule has 24 heavy (non-hydrogen) atoms. The third-order valence-corrected chi connectivity index (χ3v) is 4.64. The highest BCUT2D eigenvalue weighted by molar-refractivity contribution is 5.97. The lowest BCUT2D eigenvalue weighted by Crippen LogP contribution is -2.29. The van der Waals surface area contributed by atoms with Crippen LogP contribution in [0, 0.1) is 0 Å². The lowest BCUT2D eigenvalue weighted by Gasteiger charge is -2.18. The summed E-state index contributed by atoms with van der Waals surface area (Å²) in [5.74, 6) is 0.409. The van der Waals surface area contributed by atoms with Crippen molar-refractivity contribution in [2.45, 2.75) is 52.4 Å². The molecule has 1 amide bonds. The summed E-state index contributed by atoms with van der Waals surface area (Å²) in [5.41, 5.74) is 3.86. The Balaban J connectivity index is 2.14. The lowest BCUT2D eigenvalue weighted by molar-refractivity contribution is 0.0790. The molecule has 4 nitrogen and oxygen atoms in total. The summed E-state index contributed by atoms with van der Waals surface area (Å²) in [6, 6.07) is 10.1. The van der Waals surface area contributed by atoms with E-state index in [2.05, 4.69) is 32.9 Å². The van der Waals surface area contributed by atoms with Crippen LogP contribution in [0.5, 0.6) is 0 Å². The summed E-state index contributed by atoms with van der Waals surface area (Å²) in [5, 5.41) is 4.85. The number of hydrogen-bond donors (Lipinski definition) is 0. The quantitative estimate of drug-likeness (QED) is 0.827. The first-order valence-electron chi connectivity index (χ1n) is 9.10. The number of likely N-dealkylation sites (tertiary alicyclic amines) is 1. The summed E-state index contributed by atoms with van der Waals surface area (Å²) >= 11 is 0. The zero-order chi connectivity index (χ0) is 17.1. The third-order valence-electron chi connectivity index (χ3n) is 4.64. The van der Waals surface area contributed by atoms with Gasteiger partial charge in [-0.3, -0.25) is 4.79 Å². The molecular formula is C20H27N3O. The number of amides is 1. The van der Waals surface area contributed by atoms with Crippen molar-refractivity contribution in [3.05, 3.63) is 47.3 Å². The van der Waals surface area contributed by atoms with Crippen molar-refractivity contribution in [1.29, 1.82) is 0 Å². The van der Waals surface area contributed by atoms with Crippen LogP contribution in [0.1, 0.15) is 67.7 Å². The molecule has 3 rings (SSSR count). The molecule has 0 N–H and O–H groups in total. The van der Waals surface area contributed by atoms with Crippen LogP contribution >= 0.6 is 0 Å². The number of aryl methyl sites for hydroxylation is 1. The molecule has 128 valence electrons. The van der Waals surface area contributed by atoms with Gasteiger partial charge in [0.25, 0.3) is 5.91 Å². The van der Waals surface area contributed by atoms with Gasteiger partial charge < -0.3 is 4.90 Å². The van der Waals surface area contributed by atoms with Crippen LogP contribution in [0.3, 0.4) is 0 Å². The van der Waals surface area contributed by atoms with Crippen molar-refractivity contribution in [3.8, 4) is 5.69 Å². The van der Waals surface area contributed by atoms with Gasteiger partial charge in [-0.1, -0.05) is 45.4 Å². The van der Waals surface area contributed by atoms with Gasteiger partial charge >= 0.3 is 0 Å². The van der Waals surface area contributed by atoms with Crippen molar-refractivity contribution in [1.82, 2.24) is 14.7 Å². The highest BCUT2D eigenvalue weighted by atomic mass is 16.2. The molecule has 4 heteroatoms. The van der Waals surface area contributed by atoms with Gasteiger partial charge in [0.15, 0.2) is 0 Å². The normalized spacial score (nSPS) is 14.6. The Bertz CT molecular complexity index is 697. The van der Waals surface area contributed by atoms with Gasteiger partial charge in [-0.05, 0) is 37.3 Å². The van der Waals surface area contributed by atoms with Crippen LogP contribution in [-0.4, -0.2) is 33.7 Å². The molecule has 0 atom stereocenters. The van der Waals surface area contributed by atoms with Gasteiger partial charge in [0.05, 0.1) is 22.6 Å². The average molecular weight is 325 g/mol. The van der Waals surface area contributed by atoms with E-state index in [9.17, 15) is 4.79 Å². The van der Waals surface area contributed by atoms with E-state index in [4.69, 9.17) is 5.10 Å². The van der Waals surface area contributed by atoms with Gasteiger partial charge in [-0.25, -0.2) is 4.68 Å². The van der Waals surface area contributed by atoms with Crippen molar-refractivity contribution < 1.29 is 4.79 Å². The number of carbonyl (C=O) groups is 1. The minimum absolute atomic E-state index is 0.168. The first-order chi connectivity index (χ1) is 11.6. The van der Waals surface area contributed by atoms with Crippen LogP contribution in [0.15, 0.2) is 30.3 Å². The maximum absolute atomic E-state index is 13.2. The molecule has 0 aliphatic carbocycles. The molecule has 0 spiro atoms. The maximum Gasteiger partial charge on any atom is 0.257 e. The van der Waals surface area contributed by atoms with E-state index < -0.39 is 0 Å². The second kappa shape index (κ2) is 7.20. The Hall–Kier alpha value is -2.10. The standard InChI is InChI=1S/C20H27N3O/c1-4-10-17-18(20(24)22-13-8-9-14-22)19(15(2)3)23(21-17)16-11-6-5-7-12-16/h5-7,11-12,15H,4,8-10,13-14H2,1-3H3. The Morgan fingerprint density at radius 1 is 1.17 bits per heavy atom.